The molecule has 0 bridgehead atoms. The van der Waals surface area contributed by atoms with Crippen LogP contribution in [0.2, 0.25) is 0 Å². The highest BCUT2D eigenvalue weighted by atomic mass is 16.5. The maximum Gasteiger partial charge on any atom is 0.229 e. The molecule has 4 heterocycles. The zero-order valence-corrected chi connectivity index (χ0v) is 18.3. The molecule has 0 saturated carbocycles. The first-order valence-corrected chi connectivity index (χ1v) is 11.0. The second-order valence-electron chi connectivity index (χ2n) is 8.67. The van der Waals surface area contributed by atoms with Gasteiger partial charge in [0.1, 0.15) is 5.52 Å². The smallest absolute Gasteiger partial charge is 0.229 e. The Morgan fingerprint density at radius 3 is 2.84 bits per heavy atom. The van der Waals surface area contributed by atoms with Crippen LogP contribution < -0.4 is 4.90 Å². The summed E-state index contributed by atoms with van der Waals surface area (Å²) in [6.07, 6.45) is 7.20. The van der Waals surface area contributed by atoms with Crippen LogP contribution in [0.3, 0.4) is 0 Å². The summed E-state index contributed by atoms with van der Waals surface area (Å²) in [4.78, 5) is 19.0. The lowest BCUT2D eigenvalue weighted by molar-refractivity contribution is 0.122. The third-order valence-electron chi connectivity index (χ3n) is 6.08. The van der Waals surface area contributed by atoms with Crippen molar-refractivity contribution in [1.29, 1.82) is 0 Å². The normalized spacial score (nSPS) is 15.9. The molecular weight excluding hydrogens is 402 g/mol. The van der Waals surface area contributed by atoms with Crippen LogP contribution in [0.1, 0.15) is 16.7 Å². The quantitative estimate of drug-likeness (QED) is 0.489. The van der Waals surface area contributed by atoms with Crippen molar-refractivity contribution in [2.45, 2.75) is 13.0 Å². The van der Waals surface area contributed by atoms with Crippen molar-refractivity contribution in [3.05, 3.63) is 53.2 Å². The average Bonchev–Trinajstić information content (AvgIpc) is 3.43. The predicted octanol–water partition coefficient (Wildman–Crippen LogP) is 3.91. The summed E-state index contributed by atoms with van der Waals surface area (Å²) in [5.41, 5.74) is 6.82. The molecule has 0 N–H and O–H groups in total. The van der Waals surface area contributed by atoms with Gasteiger partial charge in [-0.15, -0.1) is 0 Å². The van der Waals surface area contributed by atoms with E-state index in [0.717, 1.165) is 59.7 Å². The molecule has 32 heavy (non-hydrogen) atoms. The highest BCUT2D eigenvalue weighted by Crippen LogP contribution is 2.37. The number of ether oxygens (including phenoxy) is 1. The fourth-order valence-corrected chi connectivity index (χ4v) is 4.61. The Morgan fingerprint density at radius 2 is 2.00 bits per heavy atom. The van der Waals surface area contributed by atoms with Gasteiger partial charge in [-0.2, -0.15) is 0 Å². The van der Waals surface area contributed by atoms with Crippen LogP contribution >= 0.6 is 0 Å². The van der Waals surface area contributed by atoms with E-state index in [4.69, 9.17) is 19.1 Å². The first-order valence-electron chi connectivity index (χ1n) is 11.0. The molecule has 4 aromatic rings. The van der Waals surface area contributed by atoms with Crippen LogP contribution in [-0.4, -0.2) is 60.3 Å². The standard InChI is InChI=1S/C25H25N5O2/c1-29(2)15-16-13-20-21-22(32-25(20)26-14-16)24(30-9-11-31-12-10-30)28-23(27-21)19-8-4-6-17-5-3-7-18(17)19/h3-4,6-8,13-14H,5,9-12,15H2,1-2H3. The van der Waals surface area contributed by atoms with E-state index in [1.54, 1.807) is 0 Å². The Morgan fingerprint density at radius 1 is 1.12 bits per heavy atom. The predicted molar refractivity (Wildman–Crippen MR) is 126 cm³/mol. The molecule has 1 aromatic carbocycles. The molecular formula is C25H25N5O2. The van der Waals surface area contributed by atoms with E-state index < -0.39 is 0 Å². The highest BCUT2D eigenvalue weighted by molar-refractivity contribution is 6.05. The summed E-state index contributed by atoms with van der Waals surface area (Å²) in [6.45, 7) is 3.70. The minimum Gasteiger partial charge on any atom is -0.432 e. The number of pyridine rings is 1. The Bertz CT molecular complexity index is 1350. The molecule has 6 rings (SSSR count). The number of nitrogens with zero attached hydrogens (tertiary/aromatic N) is 5. The molecule has 162 valence electrons. The molecule has 7 heteroatoms. The molecule has 1 aliphatic carbocycles. The Labute approximate surface area is 186 Å². The Hall–Kier alpha value is -3.29. The lowest BCUT2D eigenvalue weighted by atomic mass is 10.0. The fourth-order valence-electron chi connectivity index (χ4n) is 4.61. The minimum atomic E-state index is 0.599. The van der Waals surface area contributed by atoms with Crippen LogP contribution in [0.15, 0.2) is 41.0 Å². The van der Waals surface area contributed by atoms with Gasteiger partial charge in [0.2, 0.25) is 5.71 Å². The van der Waals surface area contributed by atoms with Crippen molar-refractivity contribution in [3.63, 3.8) is 0 Å². The highest BCUT2D eigenvalue weighted by Gasteiger charge is 2.24. The lowest BCUT2D eigenvalue weighted by Gasteiger charge is -2.27. The van der Waals surface area contributed by atoms with Gasteiger partial charge in [0.25, 0.3) is 0 Å². The molecule has 0 unspecified atom stereocenters. The minimum absolute atomic E-state index is 0.599. The third kappa shape index (κ3) is 3.25. The number of anilines is 1. The van der Waals surface area contributed by atoms with Gasteiger partial charge >= 0.3 is 0 Å². The van der Waals surface area contributed by atoms with Gasteiger partial charge in [0.15, 0.2) is 17.2 Å². The largest absolute Gasteiger partial charge is 0.432 e. The van der Waals surface area contributed by atoms with E-state index in [2.05, 4.69) is 65.3 Å². The monoisotopic (exact) mass is 427 g/mol. The van der Waals surface area contributed by atoms with E-state index in [1.165, 1.54) is 11.1 Å². The van der Waals surface area contributed by atoms with Crippen LogP contribution in [0.25, 0.3) is 39.7 Å². The van der Waals surface area contributed by atoms with Crippen molar-refractivity contribution in [1.82, 2.24) is 19.9 Å². The van der Waals surface area contributed by atoms with Crippen LogP contribution in [0.5, 0.6) is 0 Å². The lowest BCUT2D eigenvalue weighted by Crippen LogP contribution is -2.37. The van der Waals surface area contributed by atoms with E-state index in [0.29, 0.717) is 24.5 Å². The topological polar surface area (TPSA) is 67.5 Å². The van der Waals surface area contributed by atoms with E-state index in [1.807, 2.05) is 6.20 Å². The Balaban J connectivity index is 1.60. The van der Waals surface area contributed by atoms with E-state index in [-0.39, 0.29) is 0 Å². The van der Waals surface area contributed by atoms with Gasteiger partial charge in [-0.25, -0.2) is 15.0 Å². The summed E-state index contributed by atoms with van der Waals surface area (Å²) in [7, 11) is 4.11. The zero-order valence-electron chi connectivity index (χ0n) is 18.3. The molecule has 3 aromatic heterocycles. The fraction of sp³-hybridized carbons (Fsp3) is 0.320. The number of hydrogen-bond acceptors (Lipinski definition) is 7. The van der Waals surface area contributed by atoms with E-state index in [9.17, 15) is 0 Å². The van der Waals surface area contributed by atoms with Gasteiger partial charge in [-0.3, -0.25) is 0 Å². The number of aromatic nitrogens is 3. The number of benzene rings is 1. The molecule has 0 atom stereocenters. The van der Waals surface area contributed by atoms with Gasteiger partial charge in [-0.1, -0.05) is 30.4 Å². The van der Waals surface area contributed by atoms with Crippen molar-refractivity contribution >= 4 is 34.1 Å². The average molecular weight is 428 g/mol. The van der Waals surface area contributed by atoms with E-state index >= 15 is 0 Å². The zero-order chi connectivity index (χ0) is 21.7. The van der Waals surface area contributed by atoms with Crippen LogP contribution in [0.4, 0.5) is 5.82 Å². The number of allylic oxidation sites excluding steroid dienone is 1. The maximum atomic E-state index is 6.23. The second kappa shape index (κ2) is 7.69. The molecule has 0 spiro atoms. The van der Waals surface area contributed by atoms with Gasteiger partial charge < -0.3 is 19.0 Å². The Kier molecular flexibility index (Phi) is 4.66. The second-order valence-corrected chi connectivity index (χ2v) is 8.67. The number of hydrogen-bond donors (Lipinski definition) is 0. The summed E-state index contributed by atoms with van der Waals surface area (Å²) in [6, 6.07) is 8.51. The number of morpholine rings is 1. The molecule has 0 radical (unpaired) electrons. The van der Waals surface area contributed by atoms with Gasteiger partial charge in [0.05, 0.1) is 18.6 Å². The van der Waals surface area contributed by atoms with Crippen molar-refractivity contribution < 1.29 is 9.15 Å². The summed E-state index contributed by atoms with van der Waals surface area (Å²) < 4.78 is 11.8. The van der Waals surface area contributed by atoms with Gasteiger partial charge in [-0.05, 0) is 43.3 Å². The van der Waals surface area contributed by atoms with Crippen LogP contribution in [0, 0.1) is 0 Å². The molecule has 1 fully saturated rings. The summed E-state index contributed by atoms with van der Waals surface area (Å²) in [5.74, 6) is 1.54. The summed E-state index contributed by atoms with van der Waals surface area (Å²) in [5, 5.41) is 0.931. The first-order chi connectivity index (χ1) is 15.7. The van der Waals surface area contributed by atoms with Crippen LogP contribution in [-0.2, 0) is 17.7 Å². The van der Waals surface area contributed by atoms with Crippen molar-refractivity contribution in [3.8, 4) is 11.4 Å². The summed E-state index contributed by atoms with van der Waals surface area (Å²) >= 11 is 0. The maximum absolute atomic E-state index is 6.23. The number of rotatable bonds is 4. The molecule has 0 amide bonds. The SMILES string of the molecule is CN(C)Cc1cnc2oc3c(N4CCOCC4)nc(-c4cccc5c4C=CC5)nc3c2c1. The first kappa shape index (κ1) is 19.4. The van der Waals surface area contributed by atoms with Gasteiger partial charge in [0, 0.05) is 31.4 Å². The third-order valence-corrected chi connectivity index (χ3v) is 6.08. The molecule has 7 nitrogen and oxygen atoms in total. The van der Waals surface area contributed by atoms with Crippen molar-refractivity contribution in [2.24, 2.45) is 0 Å². The number of furan rings is 1. The molecule has 2 aliphatic rings. The molecule has 1 saturated heterocycles. The van der Waals surface area contributed by atoms with Crippen molar-refractivity contribution in [2.75, 3.05) is 45.3 Å². The number of fused-ring (bicyclic) bond motifs is 4. The molecule has 1 aliphatic heterocycles.